The number of aryl methyl sites for hydroxylation is 4. The molecule has 1 aromatic carbocycles. The van der Waals surface area contributed by atoms with Gasteiger partial charge in [0, 0.05) is 24.3 Å². The maximum atomic E-state index is 5.39. The van der Waals surface area contributed by atoms with Crippen LogP contribution in [0.1, 0.15) is 28.9 Å². The molecule has 0 saturated carbocycles. The van der Waals surface area contributed by atoms with Crippen LogP contribution in [0.25, 0.3) is 0 Å². The molecule has 0 aliphatic carbocycles. The fraction of sp³-hybridized carbons (Fsp3) is 0.471. The van der Waals surface area contributed by atoms with Gasteiger partial charge in [-0.25, -0.2) is 0 Å². The van der Waals surface area contributed by atoms with Crippen molar-refractivity contribution in [1.82, 2.24) is 15.1 Å². The zero-order chi connectivity index (χ0) is 15.2. The van der Waals surface area contributed by atoms with E-state index in [0.29, 0.717) is 0 Å². The second-order valence-corrected chi connectivity index (χ2v) is 5.50. The highest BCUT2D eigenvalue weighted by molar-refractivity contribution is 5.36. The first-order valence-electron chi connectivity index (χ1n) is 7.45. The Morgan fingerprint density at radius 3 is 2.67 bits per heavy atom. The summed E-state index contributed by atoms with van der Waals surface area (Å²) in [6, 6.07) is 8.39. The summed E-state index contributed by atoms with van der Waals surface area (Å²) in [4.78, 5) is 0. The van der Waals surface area contributed by atoms with Gasteiger partial charge in [0.15, 0.2) is 0 Å². The molecule has 1 aromatic heterocycles. The Balaban J connectivity index is 1.77. The smallest absolute Gasteiger partial charge is 0.123 e. The molecule has 1 heterocycles. The summed E-state index contributed by atoms with van der Waals surface area (Å²) in [5, 5.41) is 7.95. The van der Waals surface area contributed by atoms with E-state index in [2.05, 4.69) is 47.1 Å². The van der Waals surface area contributed by atoms with E-state index in [4.69, 9.17) is 4.74 Å². The van der Waals surface area contributed by atoms with E-state index in [-0.39, 0.29) is 0 Å². The van der Waals surface area contributed by atoms with Crippen molar-refractivity contribution in [2.75, 3.05) is 13.7 Å². The molecule has 0 spiro atoms. The van der Waals surface area contributed by atoms with E-state index in [9.17, 15) is 0 Å². The lowest BCUT2D eigenvalue weighted by molar-refractivity contribution is 0.407. The second kappa shape index (κ2) is 7.27. The first-order valence-corrected chi connectivity index (χ1v) is 7.45. The molecule has 0 bridgehead atoms. The summed E-state index contributed by atoms with van der Waals surface area (Å²) in [6.45, 7) is 9.00. The number of ether oxygens (including phenoxy) is 1. The Labute approximate surface area is 127 Å². The van der Waals surface area contributed by atoms with Gasteiger partial charge in [-0.05, 0) is 45.9 Å². The average molecular weight is 287 g/mol. The monoisotopic (exact) mass is 287 g/mol. The predicted molar refractivity (Wildman–Crippen MR) is 85.8 cm³/mol. The molecule has 0 aliphatic heterocycles. The summed E-state index contributed by atoms with van der Waals surface area (Å²) in [5.41, 5.74) is 4.79. The highest BCUT2D eigenvalue weighted by Crippen LogP contribution is 2.19. The van der Waals surface area contributed by atoms with Gasteiger partial charge in [-0.2, -0.15) is 5.10 Å². The Hall–Kier alpha value is -1.81. The molecule has 0 atom stereocenters. The van der Waals surface area contributed by atoms with Crippen molar-refractivity contribution >= 4 is 0 Å². The molecule has 4 nitrogen and oxygen atoms in total. The standard InChI is InChI=1S/C17H25N3O/c1-13-6-7-17(21-4)16(10-13)12-18-8-5-9-20-15(3)11-14(2)19-20/h6-7,10-11,18H,5,8-9,12H2,1-4H3. The fourth-order valence-electron chi connectivity index (χ4n) is 2.52. The third-order valence-corrected chi connectivity index (χ3v) is 3.58. The molecule has 0 saturated heterocycles. The van der Waals surface area contributed by atoms with E-state index >= 15 is 0 Å². The van der Waals surface area contributed by atoms with Crippen LogP contribution in [0.15, 0.2) is 24.3 Å². The molecule has 0 amide bonds. The van der Waals surface area contributed by atoms with Crippen LogP contribution in [0, 0.1) is 20.8 Å². The van der Waals surface area contributed by atoms with Crippen LogP contribution in [-0.4, -0.2) is 23.4 Å². The van der Waals surface area contributed by atoms with E-state index in [1.807, 2.05) is 13.0 Å². The number of nitrogens with zero attached hydrogens (tertiary/aromatic N) is 2. The summed E-state index contributed by atoms with van der Waals surface area (Å²) >= 11 is 0. The molecule has 114 valence electrons. The summed E-state index contributed by atoms with van der Waals surface area (Å²) in [5.74, 6) is 0.951. The second-order valence-electron chi connectivity index (χ2n) is 5.50. The summed E-state index contributed by atoms with van der Waals surface area (Å²) in [6.07, 6.45) is 1.07. The van der Waals surface area contributed by atoms with Crippen LogP contribution >= 0.6 is 0 Å². The Kier molecular flexibility index (Phi) is 5.39. The largest absolute Gasteiger partial charge is 0.496 e. The first kappa shape index (κ1) is 15.6. The Morgan fingerprint density at radius 2 is 2.00 bits per heavy atom. The van der Waals surface area contributed by atoms with Crippen LogP contribution in [0.3, 0.4) is 0 Å². The van der Waals surface area contributed by atoms with Gasteiger partial charge in [0.05, 0.1) is 12.8 Å². The van der Waals surface area contributed by atoms with Crippen molar-refractivity contribution in [2.24, 2.45) is 0 Å². The molecule has 0 radical (unpaired) electrons. The van der Waals surface area contributed by atoms with Crippen LogP contribution in [-0.2, 0) is 13.1 Å². The van der Waals surface area contributed by atoms with Crippen molar-refractivity contribution in [3.63, 3.8) is 0 Å². The number of methoxy groups -OCH3 is 1. The van der Waals surface area contributed by atoms with Crippen LogP contribution in [0.4, 0.5) is 0 Å². The average Bonchev–Trinajstić information content (AvgIpc) is 2.77. The highest BCUT2D eigenvalue weighted by atomic mass is 16.5. The minimum Gasteiger partial charge on any atom is -0.496 e. The van der Waals surface area contributed by atoms with Crippen molar-refractivity contribution < 1.29 is 4.74 Å². The van der Waals surface area contributed by atoms with E-state index in [1.54, 1.807) is 7.11 Å². The number of hydrogen-bond acceptors (Lipinski definition) is 3. The van der Waals surface area contributed by atoms with Crippen molar-refractivity contribution in [2.45, 2.75) is 40.3 Å². The fourth-order valence-corrected chi connectivity index (χ4v) is 2.52. The minimum atomic E-state index is 0.835. The number of benzene rings is 1. The lowest BCUT2D eigenvalue weighted by atomic mass is 10.1. The van der Waals surface area contributed by atoms with Gasteiger partial charge in [-0.3, -0.25) is 4.68 Å². The van der Waals surface area contributed by atoms with Crippen LogP contribution in [0.5, 0.6) is 5.75 Å². The van der Waals surface area contributed by atoms with Gasteiger partial charge in [0.2, 0.25) is 0 Å². The minimum absolute atomic E-state index is 0.835. The molecule has 0 aliphatic rings. The lowest BCUT2D eigenvalue weighted by Gasteiger charge is -2.11. The zero-order valence-electron chi connectivity index (χ0n) is 13.4. The van der Waals surface area contributed by atoms with Gasteiger partial charge in [-0.1, -0.05) is 17.7 Å². The third-order valence-electron chi connectivity index (χ3n) is 3.58. The van der Waals surface area contributed by atoms with Gasteiger partial charge >= 0.3 is 0 Å². The van der Waals surface area contributed by atoms with Crippen molar-refractivity contribution in [1.29, 1.82) is 0 Å². The molecular weight excluding hydrogens is 262 g/mol. The molecule has 0 fully saturated rings. The van der Waals surface area contributed by atoms with Crippen molar-refractivity contribution in [3.8, 4) is 5.75 Å². The maximum Gasteiger partial charge on any atom is 0.123 e. The molecular formula is C17H25N3O. The predicted octanol–water partition coefficient (Wildman–Crippen LogP) is 3.00. The number of rotatable bonds is 7. The van der Waals surface area contributed by atoms with E-state index < -0.39 is 0 Å². The number of hydrogen-bond donors (Lipinski definition) is 1. The maximum absolute atomic E-state index is 5.39. The number of aromatic nitrogens is 2. The van der Waals surface area contributed by atoms with E-state index in [1.165, 1.54) is 16.8 Å². The molecule has 4 heteroatoms. The quantitative estimate of drug-likeness (QED) is 0.796. The Bertz CT molecular complexity index is 590. The highest BCUT2D eigenvalue weighted by Gasteiger charge is 2.03. The first-order chi connectivity index (χ1) is 10.1. The lowest BCUT2D eigenvalue weighted by Crippen LogP contribution is -2.17. The Morgan fingerprint density at radius 1 is 1.19 bits per heavy atom. The van der Waals surface area contributed by atoms with Gasteiger partial charge in [0.1, 0.15) is 5.75 Å². The SMILES string of the molecule is COc1ccc(C)cc1CNCCCn1nc(C)cc1C. The topological polar surface area (TPSA) is 39.1 Å². The summed E-state index contributed by atoms with van der Waals surface area (Å²) in [7, 11) is 1.72. The van der Waals surface area contributed by atoms with Gasteiger partial charge < -0.3 is 10.1 Å². The summed E-state index contributed by atoms with van der Waals surface area (Å²) < 4.78 is 7.46. The molecule has 0 unspecified atom stereocenters. The third kappa shape index (κ3) is 4.33. The molecule has 21 heavy (non-hydrogen) atoms. The van der Waals surface area contributed by atoms with Crippen LogP contribution in [0.2, 0.25) is 0 Å². The molecule has 1 N–H and O–H groups in total. The zero-order valence-corrected chi connectivity index (χ0v) is 13.4. The molecule has 2 rings (SSSR count). The normalized spacial score (nSPS) is 10.9. The number of nitrogens with one attached hydrogen (secondary N) is 1. The van der Waals surface area contributed by atoms with Crippen LogP contribution < -0.4 is 10.1 Å². The molecule has 2 aromatic rings. The van der Waals surface area contributed by atoms with Crippen molar-refractivity contribution in [3.05, 3.63) is 46.8 Å². The van der Waals surface area contributed by atoms with Gasteiger partial charge in [0.25, 0.3) is 0 Å². The van der Waals surface area contributed by atoms with Gasteiger partial charge in [-0.15, -0.1) is 0 Å². The van der Waals surface area contributed by atoms with E-state index in [0.717, 1.165) is 37.5 Å².